The number of carbonyl (C=O) groups excluding carboxylic acids is 2. The fraction of sp³-hybridized carbons (Fsp3) is 0.538. The van der Waals surface area contributed by atoms with Crippen molar-refractivity contribution in [3.05, 3.63) is 30.3 Å². The van der Waals surface area contributed by atoms with E-state index in [-0.39, 0.29) is 12.1 Å². The second kappa shape index (κ2) is 11.9. The van der Waals surface area contributed by atoms with E-state index in [1.165, 1.54) is 11.2 Å². The first kappa shape index (κ1) is 30.4. The Balaban J connectivity index is 1.31. The third-order valence-electron chi connectivity index (χ3n) is 7.43. The molecule has 16 heteroatoms. The maximum atomic E-state index is 12.9. The lowest BCUT2D eigenvalue weighted by molar-refractivity contribution is -0.152. The van der Waals surface area contributed by atoms with Crippen molar-refractivity contribution in [3.63, 3.8) is 0 Å². The molecule has 42 heavy (non-hydrogen) atoms. The lowest BCUT2D eigenvalue weighted by atomic mass is 9.93. The van der Waals surface area contributed by atoms with E-state index in [1.54, 1.807) is 37.3 Å². The van der Waals surface area contributed by atoms with Gasteiger partial charge in [-0.25, -0.2) is 10.1 Å². The van der Waals surface area contributed by atoms with Gasteiger partial charge >= 0.3 is 18.4 Å². The zero-order valence-electron chi connectivity index (χ0n) is 22.8. The lowest BCUT2D eigenvalue weighted by Crippen LogP contribution is -2.67. The fourth-order valence-electron chi connectivity index (χ4n) is 5.13. The van der Waals surface area contributed by atoms with Crippen LogP contribution >= 0.6 is 6.64 Å². The van der Waals surface area contributed by atoms with Crippen molar-refractivity contribution < 1.29 is 38.3 Å². The first-order chi connectivity index (χ1) is 20.0. The molecule has 0 aromatic heterocycles. The minimum Gasteiger partial charge on any atom is -0.461 e. The number of aliphatic hydroxyl groups excluding tert-OH is 1. The number of nitrogens with two attached hydrogens (primary N) is 1. The number of rotatable bonds is 10. The van der Waals surface area contributed by atoms with Crippen LogP contribution in [0.25, 0.3) is 0 Å². The highest BCUT2D eigenvalue weighted by Crippen LogP contribution is 2.47. The molecule has 3 heterocycles. The molecule has 6 N–H and O–H groups in total. The van der Waals surface area contributed by atoms with Gasteiger partial charge in [0.25, 0.3) is 5.91 Å². The number of hydrogen-bond donors (Lipinski definition) is 5. The second-order valence-electron chi connectivity index (χ2n) is 10.4. The SMILES string of the molecule is C#C[C@@]1(O)[C@H](O)[C@@H](COP(=S)(N[C@@H](C)C(=O)OC2CCCCC2)Oc2ccccc2)O[C@H]1N1C=NC12N=C(N)NC2=O. The molecule has 1 amide bonds. The van der Waals surface area contributed by atoms with Crippen molar-refractivity contribution in [2.75, 3.05) is 6.61 Å². The maximum Gasteiger partial charge on any atom is 0.323 e. The van der Waals surface area contributed by atoms with Gasteiger partial charge in [-0.3, -0.25) is 19.8 Å². The lowest BCUT2D eigenvalue weighted by Gasteiger charge is -2.44. The number of terminal acetylenes is 1. The van der Waals surface area contributed by atoms with Gasteiger partial charge in [-0.1, -0.05) is 30.5 Å². The van der Waals surface area contributed by atoms with Crippen LogP contribution in [0.5, 0.6) is 5.75 Å². The highest BCUT2D eigenvalue weighted by molar-refractivity contribution is 8.09. The minimum atomic E-state index is -3.50. The van der Waals surface area contributed by atoms with Gasteiger partial charge in [0, 0.05) is 0 Å². The molecule has 3 aliphatic heterocycles. The predicted octanol–water partition coefficient (Wildman–Crippen LogP) is 0.0528. The molecule has 1 spiro atoms. The van der Waals surface area contributed by atoms with Crippen LogP contribution in [0.15, 0.2) is 40.3 Å². The molecule has 0 bridgehead atoms. The Kier molecular flexibility index (Phi) is 8.60. The molecule has 1 aromatic carbocycles. The van der Waals surface area contributed by atoms with Crippen molar-refractivity contribution >= 4 is 42.6 Å². The molecule has 1 saturated carbocycles. The molecular formula is C26H33N6O8PS. The van der Waals surface area contributed by atoms with Crippen LogP contribution in [0.1, 0.15) is 39.0 Å². The Labute approximate surface area is 247 Å². The highest BCUT2D eigenvalue weighted by Gasteiger charge is 2.65. The van der Waals surface area contributed by atoms with Crippen LogP contribution in [0.2, 0.25) is 0 Å². The van der Waals surface area contributed by atoms with Gasteiger partial charge in [0.2, 0.25) is 0 Å². The third-order valence-corrected chi connectivity index (χ3v) is 9.93. The van der Waals surface area contributed by atoms with Gasteiger partial charge in [-0.05, 0) is 56.5 Å². The van der Waals surface area contributed by atoms with Crippen LogP contribution in [0.3, 0.4) is 0 Å². The fourth-order valence-corrected chi connectivity index (χ4v) is 7.54. The first-order valence-electron chi connectivity index (χ1n) is 13.5. The van der Waals surface area contributed by atoms with E-state index in [0.29, 0.717) is 5.75 Å². The topological polar surface area (TPSA) is 190 Å². The molecule has 2 unspecified atom stereocenters. The summed E-state index contributed by atoms with van der Waals surface area (Å²) >= 11 is 5.76. The van der Waals surface area contributed by atoms with Crippen LogP contribution < -0.4 is 20.7 Å². The van der Waals surface area contributed by atoms with E-state index >= 15 is 0 Å². The molecule has 2 fully saturated rings. The smallest absolute Gasteiger partial charge is 0.323 e. The van der Waals surface area contributed by atoms with E-state index in [9.17, 15) is 19.8 Å². The maximum absolute atomic E-state index is 12.9. The number of carbonyl (C=O) groups is 2. The number of benzene rings is 1. The zero-order chi connectivity index (χ0) is 30.1. The summed E-state index contributed by atoms with van der Waals surface area (Å²) in [4.78, 5) is 34.6. The number of para-hydroxylation sites is 1. The minimum absolute atomic E-state index is 0.153. The van der Waals surface area contributed by atoms with E-state index in [4.69, 9.17) is 42.5 Å². The summed E-state index contributed by atoms with van der Waals surface area (Å²) in [6.45, 7) is -2.31. The monoisotopic (exact) mass is 620 g/mol. The van der Waals surface area contributed by atoms with Gasteiger partial charge in [0.15, 0.2) is 17.8 Å². The number of nitrogens with one attached hydrogen (secondary N) is 2. The summed E-state index contributed by atoms with van der Waals surface area (Å²) in [5.74, 6) is -0.626. The standard InChI is InChI=1S/C26H33N6O8PS/c1-3-25(36)20(33)19(39-23(25)32-15-28-26(32)22(35)29-24(27)30-26)14-37-41(42,40-18-12-8-5-9-13-18)31-16(2)21(34)38-17-10-6-4-7-11-17/h1,5,8-9,12-13,15-17,19-20,23,33,36H,4,6-7,10-11,14H2,2H3,(H,31,42)(H3,27,29,30,35)/t16-,19+,20+,23+,25+,26?,41?/m0/s1. The number of nitrogens with zero attached hydrogens (tertiary/aromatic N) is 3. The molecule has 7 atom stereocenters. The molecule has 4 aliphatic rings. The van der Waals surface area contributed by atoms with E-state index < -0.39 is 61.0 Å². The number of guanidine groups is 1. The van der Waals surface area contributed by atoms with Crippen molar-refractivity contribution in [3.8, 4) is 18.1 Å². The van der Waals surface area contributed by atoms with Crippen LogP contribution in [-0.4, -0.2) is 87.9 Å². The summed E-state index contributed by atoms with van der Waals surface area (Å²) in [6.07, 6.45) is 7.04. The van der Waals surface area contributed by atoms with E-state index in [2.05, 4.69) is 26.3 Å². The number of aliphatic hydroxyl groups is 2. The summed E-state index contributed by atoms with van der Waals surface area (Å²) in [5.41, 5.74) is 3.34. The molecule has 5 rings (SSSR count). The molecule has 0 radical (unpaired) electrons. The number of ether oxygens (including phenoxy) is 2. The predicted molar refractivity (Wildman–Crippen MR) is 154 cm³/mol. The van der Waals surface area contributed by atoms with Crippen molar-refractivity contribution in [1.82, 2.24) is 15.3 Å². The Bertz CT molecular complexity index is 1350. The van der Waals surface area contributed by atoms with Gasteiger partial charge < -0.3 is 34.5 Å². The van der Waals surface area contributed by atoms with Crippen LogP contribution in [0, 0.1) is 12.3 Å². The largest absolute Gasteiger partial charge is 0.461 e. The number of amides is 1. The molecule has 14 nitrogen and oxygen atoms in total. The van der Waals surface area contributed by atoms with Crippen molar-refractivity contribution in [1.29, 1.82) is 0 Å². The van der Waals surface area contributed by atoms with Gasteiger partial charge in [0.05, 0.1) is 12.9 Å². The van der Waals surface area contributed by atoms with Gasteiger partial charge in [-0.15, -0.1) is 6.42 Å². The summed E-state index contributed by atoms with van der Waals surface area (Å²) in [6, 6.07) is 7.76. The summed E-state index contributed by atoms with van der Waals surface area (Å²) < 4.78 is 23.6. The van der Waals surface area contributed by atoms with Crippen LogP contribution in [-0.2, 0) is 35.4 Å². The number of esters is 1. The van der Waals surface area contributed by atoms with E-state index in [0.717, 1.165) is 32.1 Å². The number of hydrogen-bond acceptors (Lipinski definition) is 13. The molecule has 1 aliphatic carbocycles. The second-order valence-corrected chi connectivity index (χ2v) is 13.6. The summed E-state index contributed by atoms with van der Waals surface area (Å²) in [5, 5.41) is 27.6. The average molecular weight is 621 g/mol. The zero-order valence-corrected chi connectivity index (χ0v) is 24.5. The van der Waals surface area contributed by atoms with Crippen molar-refractivity contribution in [2.45, 2.75) is 81.0 Å². The van der Waals surface area contributed by atoms with Crippen LogP contribution in [0.4, 0.5) is 0 Å². The Hall–Kier alpha value is -3.09. The Morgan fingerprint density at radius 1 is 1.38 bits per heavy atom. The third kappa shape index (κ3) is 5.76. The number of aliphatic imine (C=N–C) groups is 2. The summed E-state index contributed by atoms with van der Waals surface area (Å²) in [7, 11) is 0. The molecular weight excluding hydrogens is 587 g/mol. The highest BCUT2D eigenvalue weighted by atomic mass is 32.5. The van der Waals surface area contributed by atoms with Gasteiger partial charge in [-0.2, -0.15) is 4.99 Å². The Morgan fingerprint density at radius 2 is 2.10 bits per heavy atom. The molecule has 226 valence electrons. The average Bonchev–Trinajstić information content (AvgIpc) is 3.41. The first-order valence-corrected chi connectivity index (χ1v) is 16.2. The Morgan fingerprint density at radius 3 is 2.69 bits per heavy atom. The van der Waals surface area contributed by atoms with Gasteiger partial charge in [0.1, 0.15) is 30.1 Å². The normalized spacial score (nSPS) is 32.8. The quantitative estimate of drug-likeness (QED) is 0.135. The molecule has 1 saturated heterocycles. The molecule has 1 aromatic rings. The van der Waals surface area contributed by atoms with Crippen molar-refractivity contribution in [2.24, 2.45) is 15.7 Å². The van der Waals surface area contributed by atoms with E-state index in [1.807, 2.05) is 0 Å².